The molecule has 6 heteroatoms. The Labute approximate surface area is 144 Å². The second kappa shape index (κ2) is 6.34. The zero-order valence-electron chi connectivity index (χ0n) is 13.2. The number of oxazole rings is 1. The molecule has 0 spiro atoms. The number of aromatic nitrogens is 1. The lowest BCUT2D eigenvalue weighted by Gasteiger charge is -2.16. The fourth-order valence-corrected chi connectivity index (χ4v) is 2.51. The molecule has 1 atom stereocenters. The maximum absolute atomic E-state index is 12.1. The first-order valence-electron chi connectivity index (χ1n) is 7.36. The number of anilines is 2. The summed E-state index contributed by atoms with van der Waals surface area (Å²) in [4.78, 5) is 17.9. The van der Waals surface area contributed by atoms with Crippen LogP contribution in [-0.2, 0) is 4.79 Å². The number of amides is 1. The lowest BCUT2D eigenvalue weighted by atomic mass is 10.0. The average molecular weight is 340 g/mol. The monoisotopic (exact) mass is 339 g/mol. The highest BCUT2D eigenvalue weighted by Gasteiger charge is 2.20. The largest absolute Gasteiger partial charge is 0.423 e. The second-order valence-corrected chi connectivity index (χ2v) is 5.84. The minimum absolute atomic E-state index is 0.182. The van der Waals surface area contributed by atoms with Crippen molar-refractivity contribution < 1.29 is 9.21 Å². The van der Waals surface area contributed by atoms with E-state index in [0.717, 1.165) is 5.56 Å². The standard InChI is InChI=1S/C18H14ClN3O2/c1-11(10-20)13-3-8-17-16(9-13)21-18(24-17)22(12(2)23)15-6-4-14(19)5-7-15/h3-9,11H,1-2H3. The van der Waals surface area contributed by atoms with Crippen molar-refractivity contribution in [3.05, 3.63) is 53.1 Å². The van der Waals surface area contributed by atoms with E-state index in [1.807, 2.05) is 13.0 Å². The summed E-state index contributed by atoms with van der Waals surface area (Å²) in [6.07, 6.45) is 0. The number of rotatable bonds is 3. The summed E-state index contributed by atoms with van der Waals surface area (Å²) in [6.45, 7) is 3.25. The number of carbonyl (C=O) groups is 1. The van der Waals surface area contributed by atoms with E-state index in [1.54, 1.807) is 36.4 Å². The number of nitriles is 1. The smallest absolute Gasteiger partial charge is 0.310 e. The lowest BCUT2D eigenvalue weighted by molar-refractivity contribution is -0.116. The van der Waals surface area contributed by atoms with Gasteiger partial charge in [0, 0.05) is 11.9 Å². The van der Waals surface area contributed by atoms with Gasteiger partial charge in [-0.15, -0.1) is 0 Å². The van der Waals surface area contributed by atoms with Gasteiger partial charge in [0.1, 0.15) is 5.52 Å². The molecule has 0 radical (unpaired) electrons. The Morgan fingerprint density at radius 1 is 1.29 bits per heavy atom. The Morgan fingerprint density at radius 3 is 2.62 bits per heavy atom. The summed E-state index contributed by atoms with van der Waals surface area (Å²) in [5.74, 6) is -0.468. The zero-order valence-corrected chi connectivity index (χ0v) is 13.9. The fourth-order valence-electron chi connectivity index (χ4n) is 2.39. The van der Waals surface area contributed by atoms with Crippen LogP contribution in [0.5, 0.6) is 0 Å². The maximum atomic E-state index is 12.1. The predicted octanol–water partition coefficient (Wildman–Crippen LogP) is 4.79. The van der Waals surface area contributed by atoms with Gasteiger partial charge >= 0.3 is 6.01 Å². The first-order valence-corrected chi connectivity index (χ1v) is 7.74. The highest BCUT2D eigenvalue weighted by atomic mass is 35.5. The molecular weight excluding hydrogens is 326 g/mol. The van der Waals surface area contributed by atoms with E-state index in [-0.39, 0.29) is 17.8 Å². The first-order chi connectivity index (χ1) is 11.5. The predicted molar refractivity (Wildman–Crippen MR) is 92.3 cm³/mol. The summed E-state index contributed by atoms with van der Waals surface area (Å²) in [5, 5.41) is 9.62. The molecule has 0 aliphatic rings. The number of halogens is 1. The number of nitrogens with zero attached hydrogens (tertiary/aromatic N) is 3. The molecule has 120 valence electrons. The molecule has 0 aliphatic heterocycles. The molecule has 0 N–H and O–H groups in total. The number of benzene rings is 2. The van der Waals surface area contributed by atoms with Crippen LogP contribution in [0.15, 0.2) is 46.9 Å². The van der Waals surface area contributed by atoms with Crippen molar-refractivity contribution in [2.45, 2.75) is 19.8 Å². The van der Waals surface area contributed by atoms with Crippen molar-refractivity contribution in [2.75, 3.05) is 4.90 Å². The zero-order chi connectivity index (χ0) is 17.3. The Morgan fingerprint density at radius 2 is 2.00 bits per heavy atom. The molecule has 1 unspecified atom stereocenters. The minimum Gasteiger partial charge on any atom is -0.423 e. The molecule has 0 aliphatic carbocycles. The first kappa shape index (κ1) is 16.0. The minimum atomic E-state index is -0.241. The van der Waals surface area contributed by atoms with E-state index in [1.165, 1.54) is 11.8 Å². The highest BCUT2D eigenvalue weighted by molar-refractivity contribution is 6.30. The summed E-state index contributed by atoms with van der Waals surface area (Å²) < 4.78 is 5.72. The van der Waals surface area contributed by atoms with Crippen LogP contribution in [0.3, 0.4) is 0 Å². The molecule has 0 saturated carbocycles. The molecule has 1 amide bonds. The quantitative estimate of drug-likeness (QED) is 0.687. The molecule has 1 aromatic heterocycles. The molecule has 24 heavy (non-hydrogen) atoms. The van der Waals surface area contributed by atoms with Gasteiger partial charge in [0.2, 0.25) is 5.91 Å². The van der Waals surface area contributed by atoms with Crippen LogP contribution in [0.1, 0.15) is 25.3 Å². The van der Waals surface area contributed by atoms with Gasteiger partial charge in [-0.25, -0.2) is 4.90 Å². The second-order valence-electron chi connectivity index (χ2n) is 5.41. The Balaban J connectivity index is 2.07. The summed E-state index contributed by atoms with van der Waals surface area (Å²) >= 11 is 5.90. The van der Waals surface area contributed by atoms with E-state index in [9.17, 15) is 4.79 Å². The van der Waals surface area contributed by atoms with Crippen molar-refractivity contribution in [3.8, 4) is 6.07 Å². The average Bonchev–Trinajstić information content (AvgIpc) is 2.98. The topological polar surface area (TPSA) is 70.1 Å². The highest BCUT2D eigenvalue weighted by Crippen LogP contribution is 2.30. The number of carbonyl (C=O) groups excluding carboxylic acids is 1. The molecule has 3 aromatic rings. The molecule has 0 bridgehead atoms. The van der Waals surface area contributed by atoms with Gasteiger partial charge < -0.3 is 4.42 Å². The van der Waals surface area contributed by atoms with Gasteiger partial charge in [-0.3, -0.25) is 4.79 Å². The summed E-state index contributed by atoms with van der Waals surface area (Å²) in [7, 11) is 0. The van der Waals surface area contributed by atoms with Crippen LogP contribution < -0.4 is 4.90 Å². The Hall–Kier alpha value is -2.84. The van der Waals surface area contributed by atoms with Gasteiger partial charge in [-0.1, -0.05) is 17.7 Å². The van der Waals surface area contributed by atoms with Crippen molar-refractivity contribution in [1.29, 1.82) is 5.26 Å². The number of fused-ring (bicyclic) bond motifs is 1. The van der Waals surface area contributed by atoms with E-state index in [2.05, 4.69) is 11.1 Å². The SMILES string of the molecule is CC(=O)N(c1ccc(Cl)cc1)c1nc2cc(C(C)C#N)ccc2o1. The van der Waals surface area contributed by atoms with E-state index in [0.29, 0.717) is 21.8 Å². The van der Waals surface area contributed by atoms with Crippen LogP contribution in [0.25, 0.3) is 11.1 Å². The van der Waals surface area contributed by atoms with Crippen LogP contribution in [0.2, 0.25) is 5.02 Å². The molecule has 2 aromatic carbocycles. The van der Waals surface area contributed by atoms with E-state index in [4.69, 9.17) is 21.3 Å². The molecule has 0 fully saturated rings. The normalized spacial score (nSPS) is 11.9. The van der Waals surface area contributed by atoms with Gasteiger partial charge in [-0.2, -0.15) is 10.2 Å². The van der Waals surface area contributed by atoms with Crippen molar-refractivity contribution >= 4 is 40.3 Å². The third kappa shape index (κ3) is 2.97. The van der Waals surface area contributed by atoms with Gasteiger partial charge in [-0.05, 0) is 48.9 Å². The number of hydrogen-bond donors (Lipinski definition) is 0. The van der Waals surface area contributed by atoms with E-state index < -0.39 is 0 Å². The van der Waals surface area contributed by atoms with Crippen molar-refractivity contribution in [3.63, 3.8) is 0 Å². The van der Waals surface area contributed by atoms with Gasteiger partial charge in [0.05, 0.1) is 17.7 Å². The van der Waals surface area contributed by atoms with Crippen LogP contribution in [0.4, 0.5) is 11.7 Å². The lowest BCUT2D eigenvalue weighted by Crippen LogP contribution is -2.22. The van der Waals surface area contributed by atoms with Crippen molar-refractivity contribution in [2.24, 2.45) is 0 Å². The molecule has 3 rings (SSSR count). The van der Waals surface area contributed by atoms with Gasteiger partial charge in [0.25, 0.3) is 0 Å². The van der Waals surface area contributed by atoms with E-state index >= 15 is 0 Å². The maximum Gasteiger partial charge on any atom is 0.310 e. The van der Waals surface area contributed by atoms with Crippen LogP contribution in [-0.4, -0.2) is 10.9 Å². The van der Waals surface area contributed by atoms with Crippen LogP contribution >= 0.6 is 11.6 Å². The molecule has 1 heterocycles. The Bertz CT molecular complexity index is 941. The third-order valence-corrected chi connectivity index (χ3v) is 3.94. The fraction of sp³-hybridized carbons (Fsp3) is 0.167. The molecular formula is C18H14ClN3O2. The van der Waals surface area contributed by atoms with Crippen LogP contribution in [0, 0.1) is 11.3 Å². The third-order valence-electron chi connectivity index (χ3n) is 3.68. The van der Waals surface area contributed by atoms with Crippen molar-refractivity contribution in [1.82, 2.24) is 4.98 Å². The molecule has 5 nitrogen and oxygen atoms in total. The Kier molecular flexibility index (Phi) is 4.24. The summed E-state index contributed by atoms with van der Waals surface area (Å²) in [5.41, 5.74) is 2.62. The molecule has 0 saturated heterocycles. The van der Waals surface area contributed by atoms with Gasteiger partial charge in [0.15, 0.2) is 5.58 Å². The summed E-state index contributed by atoms with van der Waals surface area (Å²) in [6, 6.07) is 14.6. The number of hydrogen-bond acceptors (Lipinski definition) is 4.